The van der Waals surface area contributed by atoms with E-state index in [1.807, 2.05) is 0 Å². The maximum absolute atomic E-state index is 12.3. The third-order valence-corrected chi connectivity index (χ3v) is 9.04. The molecule has 4 heterocycles. The van der Waals surface area contributed by atoms with E-state index in [0.29, 0.717) is 13.2 Å². The Kier molecular flexibility index (Phi) is 7.06. The highest BCUT2D eigenvalue weighted by Gasteiger charge is 2.57. The topological polar surface area (TPSA) is 78.9 Å². The average Bonchev–Trinajstić information content (AvgIpc) is 3.29. The highest BCUT2D eigenvalue weighted by molar-refractivity contribution is 5.59. The molecule has 0 saturated carbocycles. The number of ether oxygens (including phenoxy) is 6. The highest BCUT2D eigenvalue weighted by Crippen LogP contribution is 2.48. The summed E-state index contributed by atoms with van der Waals surface area (Å²) in [4.78, 5) is 17.1. The van der Waals surface area contributed by atoms with Crippen LogP contribution in [0.2, 0.25) is 0 Å². The fourth-order valence-corrected chi connectivity index (χ4v) is 7.01. The summed E-state index contributed by atoms with van der Waals surface area (Å²) in [5, 5.41) is 0. The van der Waals surface area contributed by atoms with Crippen molar-refractivity contribution in [3.8, 4) is 0 Å². The minimum atomic E-state index is -0.725. The molecular formula is C27H48N2O7. The number of hydrogen-bond donors (Lipinski definition) is 0. The Balaban J connectivity index is 1.23. The smallest absolute Gasteiger partial charge is 0.431 e. The van der Waals surface area contributed by atoms with Crippen LogP contribution in [0.1, 0.15) is 81.1 Å². The Morgan fingerprint density at radius 1 is 0.667 bits per heavy atom. The Hall–Kier alpha value is -0.970. The van der Waals surface area contributed by atoms with Gasteiger partial charge in [-0.05, 0) is 69.5 Å². The van der Waals surface area contributed by atoms with Crippen LogP contribution in [-0.4, -0.2) is 102 Å². The standard InChI is InChI=1S/C27H48N2O7/c1-22(2)15-26(16-23(3,4)28(22)9)33-13-19(35-26)11-31-21(30)32-12-20-14-34-27(36-20)17-24(5,6)29(10)25(7,8)18-27/h19-20H,11-18H2,1-10H3. The number of rotatable bonds is 4. The second-order valence-corrected chi connectivity index (χ2v) is 13.9. The van der Waals surface area contributed by atoms with Gasteiger partial charge in [-0.25, -0.2) is 4.79 Å². The van der Waals surface area contributed by atoms with Gasteiger partial charge in [0.2, 0.25) is 0 Å². The molecule has 9 nitrogen and oxygen atoms in total. The Morgan fingerprint density at radius 3 is 1.28 bits per heavy atom. The molecule has 9 heteroatoms. The second kappa shape index (κ2) is 9.06. The average molecular weight is 513 g/mol. The molecule has 4 fully saturated rings. The quantitative estimate of drug-likeness (QED) is 0.521. The third kappa shape index (κ3) is 5.43. The largest absolute Gasteiger partial charge is 0.508 e. The summed E-state index contributed by atoms with van der Waals surface area (Å²) in [7, 11) is 4.29. The minimum Gasteiger partial charge on any atom is -0.431 e. The van der Waals surface area contributed by atoms with Crippen LogP contribution < -0.4 is 0 Å². The van der Waals surface area contributed by atoms with Crippen LogP contribution in [-0.2, 0) is 28.4 Å². The molecule has 36 heavy (non-hydrogen) atoms. The van der Waals surface area contributed by atoms with Crippen LogP contribution in [0.3, 0.4) is 0 Å². The molecule has 4 rings (SSSR count). The van der Waals surface area contributed by atoms with Crippen molar-refractivity contribution in [2.24, 2.45) is 0 Å². The summed E-state index contributed by atoms with van der Waals surface area (Å²) in [6, 6.07) is 0. The molecule has 0 aliphatic carbocycles. The SMILES string of the molecule is CN1C(C)(C)CC2(CC1(C)C)OCC(COC(=O)OCC1COC3(CC(C)(C)N(C)C(C)(C)C3)O1)O2. The molecule has 2 atom stereocenters. The van der Waals surface area contributed by atoms with Gasteiger partial charge in [0.15, 0.2) is 11.6 Å². The molecule has 0 aromatic heterocycles. The van der Waals surface area contributed by atoms with E-state index in [1.54, 1.807) is 0 Å². The van der Waals surface area contributed by atoms with Crippen molar-refractivity contribution in [1.29, 1.82) is 0 Å². The van der Waals surface area contributed by atoms with Gasteiger partial charge in [0, 0.05) is 47.8 Å². The van der Waals surface area contributed by atoms with Gasteiger partial charge in [-0.3, -0.25) is 9.80 Å². The van der Waals surface area contributed by atoms with Crippen LogP contribution in [0, 0.1) is 0 Å². The van der Waals surface area contributed by atoms with Crippen molar-refractivity contribution < 1.29 is 33.2 Å². The number of hydrogen-bond acceptors (Lipinski definition) is 9. The van der Waals surface area contributed by atoms with E-state index in [4.69, 9.17) is 28.4 Å². The minimum absolute atomic E-state index is 0.0741. The predicted molar refractivity (Wildman–Crippen MR) is 135 cm³/mol. The van der Waals surface area contributed by atoms with Gasteiger partial charge in [-0.15, -0.1) is 0 Å². The van der Waals surface area contributed by atoms with Gasteiger partial charge < -0.3 is 28.4 Å². The Morgan fingerprint density at radius 2 is 0.972 bits per heavy atom. The van der Waals surface area contributed by atoms with E-state index in [9.17, 15) is 4.79 Å². The van der Waals surface area contributed by atoms with E-state index < -0.39 is 17.7 Å². The summed E-state index contributed by atoms with van der Waals surface area (Å²) in [5.41, 5.74) is -0.296. The van der Waals surface area contributed by atoms with E-state index in [-0.39, 0.29) is 47.6 Å². The van der Waals surface area contributed by atoms with Crippen LogP contribution in [0.4, 0.5) is 4.79 Å². The lowest BCUT2D eigenvalue weighted by Gasteiger charge is -2.56. The zero-order valence-electron chi connectivity index (χ0n) is 24.1. The predicted octanol–water partition coefficient (Wildman–Crippen LogP) is 3.93. The molecule has 208 valence electrons. The molecule has 2 unspecified atom stereocenters. The first-order chi connectivity index (χ1) is 16.4. The molecule has 0 N–H and O–H groups in total. The number of carbonyl (C=O) groups excluding carboxylic acids is 1. The Labute approximate surface area is 217 Å². The highest BCUT2D eigenvalue weighted by atomic mass is 16.8. The molecule has 0 radical (unpaired) electrons. The fourth-order valence-electron chi connectivity index (χ4n) is 7.01. The molecule has 4 saturated heterocycles. The Bertz CT molecular complexity index is 738. The number of nitrogens with zero attached hydrogens (tertiary/aromatic N) is 2. The normalized spacial score (nSPS) is 34.2. The van der Waals surface area contributed by atoms with Gasteiger partial charge in [-0.1, -0.05) is 0 Å². The van der Waals surface area contributed by atoms with E-state index in [0.717, 1.165) is 25.7 Å². The molecule has 4 aliphatic rings. The van der Waals surface area contributed by atoms with E-state index in [2.05, 4.69) is 79.3 Å². The van der Waals surface area contributed by atoms with Crippen molar-refractivity contribution in [3.05, 3.63) is 0 Å². The summed E-state index contributed by atoms with van der Waals surface area (Å²) < 4.78 is 35.8. The van der Waals surface area contributed by atoms with Crippen molar-refractivity contribution >= 4 is 6.16 Å². The van der Waals surface area contributed by atoms with Crippen LogP contribution in [0.25, 0.3) is 0 Å². The van der Waals surface area contributed by atoms with E-state index in [1.165, 1.54) is 0 Å². The maximum Gasteiger partial charge on any atom is 0.508 e. The molecule has 0 aromatic carbocycles. The van der Waals surface area contributed by atoms with Gasteiger partial charge in [-0.2, -0.15) is 0 Å². The lowest BCUT2D eigenvalue weighted by Crippen LogP contribution is -2.64. The summed E-state index contributed by atoms with van der Waals surface area (Å²) >= 11 is 0. The molecular weight excluding hydrogens is 464 g/mol. The van der Waals surface area contributed by atoms with Crippen molar-refractivity contribution in [2.75, 3.05) is 40.5 Å². The van der Waals surface area contributed by atoms with Gasteiger partial charge >= 0.3 is 6.16 Å². The van der Waals surface area contributed by atoms with Crippen molar-refractivity contribution in [1.82, 2.24) is 9.80 Å². The van der Waals surface area contributed by atoms with Gasteiger partial charge in [0.25, 0.3) is 0 Å². The summed E-state index contributed by atoms with van der Waals surface area (Å²) in [6.07, 6.45) is 1.67. The van der Waals surface area contributed by atoms with Gasteiger partial charge in [0.05, 0.1) is 13.2 Å². The molecule has 4 aliphatic heterocycles. The second-order valence-electron chi connectivity index (χ2n) is 13.9. The van der Waals surface area contributed by atoms with Crippen molar-refractivity contribution in [3.63, 3.8) is 0 Å². The van der Waals surface area contributed by atoms with E-state index >= 15 is 0 Å². The van der Waals surface area contributed by atoms with Crippen molar-refractivity contribution in [2.45, 2.75) is 127 Å². The lowest BCUT2D eigenvalue weighted by molar-refractivity contribution is -0.244. The third-order valence-electron chi connectivity index (χ3n) is 9.04. The summed E-state index contributed by atoms with van der Waals surface area (Å²) in [6.45, 7) is 18.6. The fraction of sp³-hybridized carbons (Fsp3) is 0.963. The molecule has 0 amide bonds. The van der Waals surface area contributed by atoms with Crippen LogP contribution in [0.5, 0.6) is 0 Å². The first-order valence-electron chi connectivity index (χ1n) is 13.3. The zero-order chi connectivity index (χ0) is 26.8. The van der Waals surface area contributed by atoms with Gasteiger partial charge in [0.1, 0.15) is 25.4 Å². The number of carbonyl (C=O) groups is 1. The van der Waals surface area contributed by atoms with Crippen LogP contribution >= 0.6 is 0 Å². The molecule has 2 spiro atoms. The van der Waals surface area contributed by atoms with Crippen LogP contribution in [0.15, 0.2) is 0 Å². The first-order valence-corrected chi connectivity index (χ1v) is 13.3. The summed E-state index contributed by atoms with van der Waals surface area (Å²) in [5.74, 6) is -1.31. The molecule has 0 aromatic rings. The monoisotopic (exact) mass is 512 g/mol. The number of piperidine rings is 2. The first kappa shape index (κ1) is 28.0. The molecule has 0 bridgehead atoms. The maximum atomic E-state index is 12.3. The zero-order valence-corrected chi connectivity index (χ0v) is 24.1. The lowest BCUT2D eigenvalue weighted by atomic mass is 9.76. The number of likely N-dealkylation sites (tertiary alicyclic amines) is 2.